The zero-order valence-corrected chi connectivity index (χ0v) is 8.71. The van der Waals surface area contributed by atoms with Crippen molar-refractivity contribution in [1.82, 2.24) is 9.55 Å². The van der Waals surface area contributed by atoms with E-state index < -0.39 is 0 Å². The minimum Gasteiger partial charge on any atom is -0.334 e. The molecule has 1 aromatic rings. The molecular weight excluding hydrogens is 174 g/mol. The molecule has 0 atom stereocenters. The van der Waals surface area contributed by atoms with Gasteiger partial charge in [0.15, 0.2) is 0 Å². The largest absolute Gasteiger partial charge is 0.334 e. The summed E-state index contributed by atoms with van der Waals surface area (Å²) in [6.45, 7) is 1.81. The zero-order chi connectivity index (χ0) is 9.80. The van der Waals surface area contributed by atoms with Gasteiger partial charge in [0.25, 0.3) is 0 Å². The molecule has 0 fully saturated rings. The summed E-state index contributed by atoms with van der Waals surface area (Å²) in [5.41, 5.74) is 8.32. The van der Waals surface area contributed by atoms with E-state index in [2.05, 4.69) is 9.55 Å². The quantitative estimate of drug-likeness (QED) is 0.739. The molecule has 1 aliphatic rings. The van der Waals surface area contributed by atoms with Gasteiger partial charge in [-0.15, -0.1) is 0 Å². The van der Waals surface area contributed by atoms with Gasteiger partial charge in [-0.1, -0.05) is 6.42 Å². The number of nitrogens with two attached hydrogens (primary N) is 1. The van der Waals surface area contributed by atoms with Gasteiger partial charge < -0.3 is 10.3 Å². The Balaban J connectivity index is 2.12. The Morgan fingerprint density at radius 2 is 2.14 bits per heavy atom. The second-order valence-corrected chi connectivity index (χ2v) is 4.03. The standard InChI is InChI=1S/C11H19N3/c12-7-4-8-14-9-13-10-5-2-1-3-6-11(10)14/h9H,1-8,12H2. The average Bonchev–Trinajstić information content (AvgIpc) is 2.45. The molecule has 3 nitrogen and oxygen atoms in total. The number of hydrogen-bond acceptors (Lipinski definition) is 2. The first-order chi connectivity index (χ1) is 6.92. The van der Waals surface area contributed by atoms with E-state index in [0.717, 1.165) is 19.5 Å². The van der Waals surface area contributed by atoms with Gasteiger partial charge in [0.2, 0.25) is 0 Å². The maximum Gasteiger partial charge on any atom is 0.0951 e. The first kappa shape index (κ1) is 9.71. The van der Waals surface area contributed by atoms with Crippen molar-refractivity contribution >= 4 is 0 Å². The van der Waals surface area contributed by atoms with Crippen molar-refractivity contribution in [3.8, 4) is 0 Å². The van der Waals surface area contributed by atoms with Crippen molar-refractivity contribution in [3.63, 3.8) is 0 Å². The Labute approximate surface area is 85.3 Å². The van der Waals surface area contributed by atoms with Crippen LogP contribution >= 0.6 is 0 Å². The fourth-order valence-corrected chi connectivity index (χ4v) is 2.16. The second kappa shape index (κ2) is 4.60. The summed E-state index contributed by atoms with van der Waals surface area (Å²) < 4.78 is 2.30. The lowest BCUT2D eigenvalue weighted by Crippen LogP contribution is -2.08. The lowest BCUT2D eigenvalue weighted by atomic mass is 10.2. The van der Waals surface area contributed by atoms with Gasteiger partial charge in [-0.25, -0.2) is 4.98 Å². The molecule has 0 amide bonds. The number of nitrogens with zero attached hydrogens (tertiary/aromatic N) is 2. The molecule has 2 N–H and O–H groups in total. The minimum absolute atomic E-state index is 0.771. The number of hydrogen-bond donors (Lipinski definition) is 1. The van der Waals surface area contributed by atoms with Crippen LogP contribution in [0.5, 0.6) is 0 Å². The van der Waals surface area contributed by atoms with Gasteiger partial charge in [-0.05, 0) is 38.6 Å². The summed E-state index contributed by atoms with van der Waals surface area (Å²) >= 11 is 0. The van der Waals surface area contributed by atoms with Crippen LogP contribution in [0, 0.1) is 0 Å². The topological polar surface area (TPSA) is 43.8 Å². The molecule has 3 heteroatoms. The summed E-state index contributed by atoms with van der Waals surface area (Å²) in [6.07, 6.45) is 9.41. The first-order valence-corrected chi connectivity index (χ1v) is 5.65. The van der Waals surface area contributed by atoms with Crippen LogP contribution in [0.25, 0.3) is 0 Å². The van der Waals surface area contributed by atoms with Crippen LogP contribution in [0.1, 0.15) is 37.1 Å². The van der Waals surface area contributed by atoms with Crippen LogP contribution in [-0.4, -0.2) is 16.1 Å². The van der Waals surface area contributed by atoms with E-state index in [1.165, 1.54) is 43.5 Å². The van der Waals surface area contributed by atoms with Crippen molar-refractivity contribution in [2.75, 3.05) is 6.54 Å². The van der Waals surface area contributed by atoms with Gasteiger partial charge in [0, 0.05) is 12.2 Å². The normalized spacial score (nSPS) is 16.4. The number of rotatable bonds is 3. The summed E-state index contributed by atoms with van der Waals surface area (Å²) in [6, 6.07) is 0. The van der Waals surface area contributed by atoms with Crippen LogP contribution in [0.15, 0.2) is 6.33 Å². The van der Waals surface area contributed by atoms with Crippen molar-refractivity contribution in [3.05, 3.63) is 17.7 Å². The number of aryl methyl sites for hydroxylation is 2. The lowest BCUT2D eigenvalue weighted by molar-refractivity contribution is 0.611. The van der Waals surface area contributed by atoms with Gasteiger partial charge in [-0.3, -0.25) is 0 Å². The molecule has 0 bridgehead atoms. The molecule has 0 saturated heterocycles. The molecule has 0 unspecified atom stereocenters. The second-order valence-electron chi connectivity index (χ2n) is 4.03. The van der Waals surface area contributed by atoms with Gasteiger partial charge in [0.05, 0.1) is 12.0 Å². The fourth-order valence-electron chi connectivity index (χ4n) is 2.16. The third-order valence-corrected chi connectivity index (χ3v) is 2.96. The molecule has 0 spiro atoms. The van der Waals surface area contributed by atoms with E-state index in [1.807, 2.05) is 6.33 Å². The van der Waals surface area contributed by atoms with E-state index >= 15 is 0 Å². The molecule has 0 aliphatic heterocycles. The Kier molecular flexibility index (Phi) is 3.19. The van der Waals surface area contributed by atoms with Gasteiger partial charge in [0.1, 0.15) is 0 Å². The Hall–Kier alpha value is -0.830. The van der Waals surface area contributed by atoms with Crippen LogP contribution in [0.4, 0.5) is 0 Å². The fraction of sp³-hybridized carbons (Fsp3) is 0.727. The molecule has 0 saturated carbocycles. The zero-order valence-electron chi connectivity index (χ0n) is 8.71. The Morgan fingerprint density at radius 3 is 3.00 bits per heavy atom. The highest BCUT2D eigenvalue weighted by atomic mass is 15.1. The number of imidazole rings is 1. The molecule has 1 heterocycles. The molecule has 2 rings (SSSR count). The highest BCUT2D eigenvalue weighted by Gasteiger charge is 2.13. The average molecular weight is 193 g/mol. The molecular formula is C11H19N3. The Morgan fingerprint density at radius 1 is 1.29 bits per heavy atom. The third kappa shape index (κ3) is 1.98. The molecule has 1 aliphatic carbocycles. The maximum atomic E-state index is 5.52. The van der Waals surface area contributed by atoms with Gasteiger partial charge in [-0.2, -0.15) is 0 Å². The van der Waals surface area contributed by atoms with Crippen LogP contribution in [0.2, 0.25) is 0 Å². The molecule has 1 aromatic heterocycles. The van der Waals surface area contributed by atoms with E-state index in [9.17, 15) is 0 Å². The summed E-state index contributed by atoms with van der Waals surface area (Å²) in [7, 11) is 0. The van der Waals surface area contributed by atoms with Crippen molar-refractivity contribution in [1.29, 1.82) is 0 Å². The third-order valence-electron chi connectivity index (χ3n) is 2.96. The SMILES string of the molecule is NCCCn1cnc2c1CCCCC2. The summed E-state index contributed by atoms with van der Waals surface area (Å²) in [4.78, 5) is 4.49. The molecule has 78 valence electrons. The minimum atomic E-state index is 0.771. The predicted molar refractivity (Wildman–Crippen MR) is 57.2 cm³/mol. The highest BCUT2D eigenvalue weighted by molar-refractivity contribution is 5.15. The first-order valence-electron chi connectivity index (χ1n) is 5.65. The van der Waals surface area contributed by atoms with E-state index in [-0.39, 0.29) is 0 Å². The van der Waals surface area contributed by atoms with Crippen LogP contribution < -0.4 is 5.73 Å². The molecule has 14 heavy (non-hydrogen) atoms. The van der Waals surface area contributed by atoms with E-state index in [4.69, 9.17) is 5.73 Å². The smallest absolute Gasteiger partial charge is 0.0951 e. The Bertz CT molecular complexity index is 291. The number of fused-ring (bicyclic) bond motifs is 1. The monoisotopic (exact) mass is 193 g/mol. The highest BCUT2D eigenvalue weighted by Crippen LogP contribution is 2.19. The van der Waals surface area contributed by atoms with E-state index in [0.29, 0.717) is 0 Å². The number of aromatic nitrogens is 2. The molecule has 0 aromatic carbocycles. The molecule has 0 radical (unpaired) electrons. The maximum absolute atomic E-state index is 5.52. The van der Waals surface area contributed by atoms with Crippen molar-refractivity contribution in [2.24, 2.45) is 5.73 Å². The summed E-state index contributed by atoms with van der Waals surface area (Å²) in [5.74, 6) is 0. The summed E-state index contributed by atoms with van der Waals surface area (Å²) in [5, 5.41) is 0. The van der Waals surface area contributed by atoms with Crippen molar-refractivity contribution in [2.45, 2.75) is 45.1 Å². The van der Waals surface area contributed by atoms with Gasteiger partial charge >= 0.3 is 0 Å². The van der Waals surface area contributed by atoms with Crippen LogP contribution in [-0.2, 0) is 19.4 Å². The lowest BCUT2D eigenvalue weighted by Gasteiger charge is -2.06. The van der Waals surface area contributed by atoms with E-state index in [1.54, 1.807) is 0 Å². The van der Waals surface area contributed by atoms with Crippen LogP contribution in [0.3, 0.4) is 0 Å². The predicted octanol–water partition coefficient (Wildman–Crippen LogP) is 1.50. The van der Waals surface area contributed by atoms with Crippen molar-refractivity contribution < 1.29 is 0 Å².